The molecule has 0 spiro atoms. The van der Waals surface area contributed by atoms with Crippen LogP contribution in [0.25, 0.3) is 22.8 Å². The average molecular weight is 414 g/mol. The van der Waals surface area contributed by atoms with Crippen molar-refractivity contribution in [3.8, 4) is 22.8 Å². The van der Waals surface area contributed by atoms with Gasteiger partial charge in [-0.2, -0.15) is 0 Å². The molecule has 4 rings (SSSR count). The van der Waals surface area contributed by atoms with Gasteiger partial charge in [0.2, 0.25) is 0 Å². The lowest BCUT2D eigenvalue weighted by atomic mass is 10.1. The Morgan fingerprint density at radius 2 is 1.65 bits per heavy atom. The van der Waals surface area contributed by atoms with E-state index in [2.05, 4.69) is 15.2 Å². The molecule has 0 unspecified atom stereocenters. The SMILES string of the molecule is Cc1ncc(-c2ccc(C(=O)N(C)C)cc2)nc1-c1nnc(N(C)c2ccccc2)o1. The Balaban J connectivity index is 1.63. The van der Waals surface area contributed by atoms with Crippen LogP contribution in [0.4, 0.5) is 11.7 Å². The number of rotatable bonds is 5. The van der Waals surface area contributed by atoms with E-state index in [0.717, 1.165) is 11.3 Å². The molecule has 2 heterocycles. The molecule has 0 saturated heterocycles. The molecular formula is C23H22N6O2. The summed E-state index contributed by atoms with van der Waals surface area (Å²) in [6.45, 7) is 1.84. The zero-order valence-electron chi connectivity index (χ0n) is 17.8. The fourth-order valence-corrected chi connectivity index (χ4v) is 3.04. The summed E-state index contributed by atoms with van der Waals surface area (Å²) in [5.74, 6) is 0.243. The van der Waals surface area contributed by atoms with Gasteiger partial charge in [-0.3, -0.25) is 14.7 Å². The minimum absolute atomic E-state index is 0.0526. The van der Waals surface area contributed by atoms with Crippen LogP contribution >= 0.6 is 0 Å². The van der Waals surface area contributed by atoms with Gasteiger partial charge in [-0.25, -0.2) is 4.98 Å². The maximum absolute atomic E-state index is 12.1. The molecule has 2 aromatic heterocycles. The third kappa shape index (κ3) is 4.13. The molecule has 0 fully saturated rings. The molecule has 8 nitrogen and oxygen atoms in total. The summed E-state index contributed by atoms with van der Waals surface area (Å²) in [5, 5.41) is 8.33. The van der Waals surface area contributed by atoms with E-state index in [9.17, 15) is 4.79 Å². The number of anilines is 2. The first-order valence-electron chi connectivity index (χ1n) is 9.72. The topological polar surface area (TPSA) is 88.2 Å². The van der Waals surface area contributed by atoms with Crippen LogP contribution in [0.15, 0.2) is 65.2 Å². The highest BCUT2D eigenvalue weighted by atomic mass is 16.4. The predicted molar refractivity (Wildman–Crippen MR) is 118 cm³/mol. The molecule has 0 saturated carbocycles. The standard InChI is InChI=1S/C23H22N6O2/c1-15-20(21-26-27-23(31-21)29(4)18-8-6-5-7-9-18)25-19(14-24-15)16-10-12-17(13-11-16)22(30)28(2)3/h5-14H,1-4H3. The normalized spacial score (nSPS) is 10.7. The molecule has 0 aliphatic heterocycles. The second-order valence-electron chi connectivity index (χ2n) is 7.25. The molecule has 2 aromatic carbocycles. The van der Waals surface area contributed by atoms with Gasteiger partial charge in [0.1, 0.15) is 5.69 Å². The molecule has 0 atom stereocenters. The molecule has 156 valence electrons. The number of hydrogen-bond acceptors (Lipinski definition) is 7. The molecule has 4 aromatic rings. The lowest BCUT2D eigenvalue weighted by molar-refractivity contribution is 0.0827. The van der Waals surface area contributed by atoms with Crippen LogP contribution in [-0.2, 0) is 0 Å². The maximum atomic E-state index is 12.1. The van der Waals surface area contributed by atoms with Crippen LogP contribution in [0.1, 0.15) is 16.1 Å². The molecule has 0 radical (unpaired) electrons. The van der Waals surface area contributed by atoms with E-state index in [4.69, 9.17) is 9.40 Å². The van der Waals surface area contributed by atoms with Crippen molar-refractivity contribution in [3.05, 3.63) is 72.1 Å². The summed E-state index contributed by atoms with van der Waals surface area (Å²) in [6.07, 6.45) is 1.69. The van der Waals surface area contributed by atoms with Crippen LogP contribution in [0.3, 0.4) is 0 Å². The lowest BCUT2D eigenvalue weighted by Gasteiger charge is -2.13. The minimum Gasteiger partial charge on any atom is -0.401 e. The second kappa shape index (κ2) is 8.35. The quantitative estimate of drug-likeness (QED) is 0.488. The number of amides is 1. The highest BCUT2D eigenvalue weighted by Gasteiger charge is 2.18. The molecule has 0 bridgehead atoms. The molecule has 0 aliphatic rings. The first kappa shape index (κ1) is 20.2. The van der Waals surface area contributed by atoms with Crippen LogP contribution < -0.4 is 4.90 Å². The Morgan fingerprint density at radius 3 is 2.32 bits per heavy atom. The first-order chi connectivity index (χ1) is 14.9. The zero-order valence-corrected chi connectivity index (χ0v) is 17.8. The van der Waals surface area contributed by atoms with Crippen LogP contribution in [-0.4, -0.2) is 52.1 Å². The smallest absolute Gasteiger partial charge is 0.322 e. The zero-order chi connectivity index (χ0) is 22.0. The van der Waals surface area contributed by atoms with Crippen molar-refractivity contribution in [2.75, 3.05) is 26.0 Å². The van der Waals surface area contributed by atoms with Crippen molar-refractivity contribution in [1.82, 2.24) is 25.1 Å². The van der Waals surface area contributed by atoms with Crippen molar-refractivity contribution in [3.63, 3.8) is 0 Å². The largest absolute Gasteiger partial charge is 0.401 e. The summed E-state index contributed by atoms with van der Waals surface area (Å²) < 4.78 is 5.89. The van der Waals surface area contributed by atoms with Crippen molar-refractivity contribution in [1.29, 1.82) is 0 Å². The fourth-order valence-electron chi connectivity index (χ4n) is 3.04. The summed E-state index contributed by atoms with van der Waals surface area (Å²) in [7, 11) is 5.31. The fraction of sp³-hybridized carbons (Fsp3) is 0.174. The predicted octanol–water partition coefficient (Wildman–Crippen LogP) is 3.97. The molecule has 0 aliphatic carbocycles. The average Bonchev–Trinajstić information content (AvgIpc) is 3.29. The number of carbonyl (C=O) groups is 1. The summed E-state index contributed by atoms with van der Waals surface area (Å²) in [5.41, 5.74) is 4.24. The number of para-hydroxylation sites is 1. The van der Waals surface area contributed by atoms with Crippen LogP contribution in [0.5, 0.6) is 0 Å². The number of carbonyl (C=O) groups excluding carboxylic acids is 1. The van der Waals surface area contributed by atoms with Crippen molar-refractivity contribution >= 4 is 17.6 Å². The summed E-state index contributed by atoms with van der Waals surface area (Å²) >= 11 is 0. The monoisotopic (exact) mass is 414 g/mol. The Bertz CT molecular complexity index is 1200. The van der Waals surface area contributed by atoms with E-state index in [-0.39, 0.29) is 5.91 Å². The molecule has 8 heteroatoms. The third-order valence-corrected chi connectivity index (χ3v) is 4.84. The van der Waals surface area contributed by atoms with Gasteiger partial charge in [-0.05, 0) is 31.2 Å². The molecule has 0 N–H and O–H groups in total. The van der Waals surface area contributed by atoms with Gasteiger partial charge in [-0.15, -0.1) is 5.10 Å². The first-order valence-corrected chi connectivity index (χ1v) is 9.72. The number of benzene rings is 2. The van der Waals surface area contributed by atoms with Gasteiger partial charge in [-0.1, -0.05) is 35.4 Å². The van der Waals surface area contributed by atoms with E-state index in [1.54, 1.807) is 37.3 Å². The summed E-state index contributed by atoms with van der Waals surface area (Å²) in [6, 6.07) is 17.4. The Hall–Kier alpha value is -4.07. The van der Waals surface area contributed by atoms with Gasteiger partial charge in [0.05, 0.1) is 17.6 Å². The lowest BCUT2D eigenvalue weighted by Crippen LogP contribution is -2.21. The van der Waals surface area contributed by atoms with Crippen molar-refractivity contribution in [2.24, 2.45) is 0 Å². The van der Waals surface area contributed by atoms with Crippen molar-refractivity contribution < 1.29 is 9.21 Å². The van der Waals surface area contributed by atoms with Gasteiger partial charge in [0.25, 0.3) is 11.8 Å². The van der Waals surface area contributed by atoms with E-state index in [1.165, 1.54) is 0 Å². The number of aromatic nitrogens is 4. The van der Waals surface area contributed by atoms with Gasteiger partial charge in [0, 0.05) is 38.0 Å². The van der Waals surface area contributed by atoms with Crippen LogP contribution in [0.2, 0.25) is 0 Å². The number of aryl methyl sites for hydroxylation is 1. The van der Waals surface area contributed by atoms with E-state index in [0.29, 0.717) is 34.6 Å². The minimum atomic E-state index is -0.0526. The second-order valence-corrected chi connectivity index (χ2v) is 7.25. The van der Waals surface area contributed by atoms with E-state index >= 15 is 0 Å². The Morgan fingerprint density at radius 1 is 0.935 bits per heavy atom. The number of hydrogen-bond donors (Lipinski definition) is 0. The van der Waals surface area contributed by atoms with Gasteiger partial charge in [0.15, 0.2) is 0 Å². The molecule has 1 amide bonds. The van der Waals surface area contributed by atoms with Gasteiger partial charge < -0.3 is 9.32 Å². The highest BCUT2D eigenvalue weighted by Crippen LogP contribution is 2.28. The van der Waals surface area contributed by atoms with Crippen LogP contribution in [0, 0.1) is 6.92 Å². The van der Waals surface area contributed by atoms with Crippen molar-refractivity contribution in [2.45, 2.75) is 6.92 Å². The van der Waals surface area contributed by atoms with E-state index < -0.39 is 0 Å². The Labute approximate surface area is 180 Å². The Kier molecular flexibility index (Phi) is 5.44. The third-order valence-electron chi connectivity index (χ3n) is 4.84. The molecular weight excluding hydrogens is 392 g/mol. The number of nitrogens with zero attached hydrogens (tertiary/aromatic N) is 6. The maximum Gasteiger partial charge on any atom is 0.322 e. The van der Waals surface area contributed by atoms with E-state index in [1.807, 2.05) is 61.3 Å². The highest BCUT2D eigenvalue weighted by molar-refractivity contribution is 5.94. The van der Waals surface area contributed by atoms with Gasteiger partial charge >= 0.3 is 6.01 Å². The summed E-state index contributed by atoms with van der Waals surface area (Å²) in [4.78, 5) is 24.6. The molecule has 31 heavy (non-hydrogen) atoms.